The van der Waals surface area contributed by atoms with Crippen molar-refractivity contribution in [3.63, 3.8) is 0 Å². The molecule has 1 N–H and O–H groups in total. The van der Waals surface area contributed by atoms with Gasteiger partial charge in [-0.15, -0.1) is 0 Å². The number of aliphatic hydroxyl groups excluding tert-OH is 1. The van der Waals surface area contributed by atoms with Gasteiger partial charge in [-0.1, -0.05) is 0 Å². The van der Waals surface area contributed by atoms with Crippen molar-refractivity contribution in [3.8, 4) is 5.82 Å². The van der Waals surface area contributed by atoms with Gasteiger partial charge in [-0.05, 0) is 13.8 Å². The first-order chi connectivity index (χ1) is 9.08. The number of ether oxygens (including phenoxy) is 1. The fraction of sp³-hybridized carbons (Fsp3) is 0.417. The van der Waals surface area contributed by atoms with Crippen molar-refractivity contribution in [2.45, 2.75) is 20.5 Å². The number of aromatic nitrogens is 4. The predicted octanol–water partition coefficient (Wildman–Crippen LogP) is 0.583. The minimum atomic E-state index is -0.418. The summed E-state index contributed by atoms with van der Waals surface area (Å²) in [6, 6.07) is 0. The van der Waals surface area contributed by atoms with Crippen LogP contribution in [0.2, 0.25) is 0 Å². The van der Waals surface area contributed by atoms with Crippen LogP contribution in [0.3, 0.4) is 0 Å². The number of nitrogens with zero attached hydrogens (tertiary/aromatic N) is 4. The molecule has 0 aliphatic carbocycles. The average Bonchev–Trinajstić information content (AvgIpc) is 2.93. The summed E-state index contributed by atoms with van der Waals surface area (Å²) in [5.74, 6) is 0.216. The average molecular weight is 264 g/mol. The van der Waals surface area contributed by atoms with E-state index in [1.807, 2.05) is 6.92 Å². The van der Waals surface area contributed by atoms with Crippen molar-refractivity contribution in [2.75, 3.05) is 6.61 Å². The molecule has 7 nitrogen and oxygen atoms in total. The second-order valence-corrected chi connectivity index (χ2v) is 4.06. The standard InChI is InChI=1S/C12H16N4O3/c1-4-19-12(18)9-5-13-16(6-9)11-10(7-17)8(2)14-15(11)3/h5-6,17H,4,7H2,1-3H3. The first-order valence-corrected chi connectivity index (χ1v) is 5.94. The Labute approximate surface area is 110 Å². The summed E-state index contributed by atoms with van der Waals surface area (Å²) in [6.45, 7) is 3.74. The third kappa shape index (κ3) is 2.37. The Morgan fingerprint density at radius 3 is 2.89 bits per heavy atom. The van der Waals surface area contributed by atoms with Gasteiger partial charge in [0.25, 0.3) is 0 Å². The molecule has 2 aromatic rings. The van der Waals surface area contributed by atoms with Crippen LogP contribution in [-0.4, -0.2) is 37.2 Å². The molecule has 2 rings (SSSR count). The first kappa shape index (κ1) is 13.3. The molecule has 0 fully saturated rings. The number of aryl methyl sites for hydroxylation is 2. The quantitative estimate of drug-likeness (QED) is 0.817. The Morgan fingerprint density at radius 1 is 1.53 bits per heavy atom. The summed E-state index contributed by atoms with van der Waals surface area (Å²) >= 11 is 0. The minimum Gasteiger partial charge on any atom is -0.462 e. The zero-order valence-corrected chi connectivity index (χ0v) is 11.1. The molecule has 0 unspecified atom stereocenters. The van der Waals surface area contributed by atoms with Crippen LogP contribution in [0.5, 0.6) is 0 Å². The molecule has 2 heterocycles. The highest BCUT2D eigenvalue weighted by molar-refractivity contribution is 5.88. The number of rotatable bonds is 4. The summed E-state index contributed by atoms with van der Waals surface area (Å²) in [4.78, 5) is 11.6. The topological polar surface area (TPSA) is 82.2 Å². The Hall–Kier alpha value is -2.15. The third-order valence-corrected chi connectivity index (χ3v) is 2.78. The Kier molecular flexibility index (Phi) is 3.66. The summed E-state index contributed by atoms with van der Waals surface area (Å²) in [7, 11) is 1.76. The molecule has 19 heavy (non-hydrogen) atoms. The zero-order valence-electron chi connectivity index (χ0n) is 11.1. The maximum absolute atomic E-state index is 11.6. The van der Waals surface area contributed by atoms with Crippen molar-refractivity contribution < 1.29 is 14.6 Å². The predicted molar refractivity (Wildman–Crippen MR) is 66.9 cm³/mol. The van der Waals surface area contributed by atoms with Crippen LogP contribution >= 0.6 is 0 Å². The molecule has 102 valence electrons. The molecule has 0 saturated heterocycles. The van der Waals surface area contributed by atoms with Crippen molar-refractivity contribution in [2.24, 2.45) is 7.05 Å². The third-order valence-electron chi connectivity index (χ3n) is 2.78. The maximum Gasteiger partial charge on any atom is 0.341 e. The SMILES string of the molecule is CCOC(=O)c1cnn(-c2c(CO)c(C)nn2C)c1. The minimum absolute atomic E-state index is 0.135. The van der Waals surface area contributed by atoms with Gasteiger partial charge in [-0.3, -0.25) is 4.68 Å². The number of carbonyl (C=O) groups excluding carboxylic acids is 1. The maximum atomic E-state index is 11.6. The largest absolute Gasteiger partial charge is 0.462 e. The van der Waals surface area contributed by atoms with E-state index in [-0.39, 0.29) is 6.61 Å². The van der Waals surface area contributed by atoms with Gasteiger partial charge in [0.15, 0.2) is 5.82 Å². The second-order valence-electron chi connectivity index (χ2n) is 4.06. The van der Waals surface area contributed by atoms with Gasteiger partial charge in [0.05, 0.1) is 30.7 Å². The Morgan fingerprint density at radius 2 is 2.26 bits per heavy atom. The van der Waals surface area contributed by atoms with Crippen LogP contribution in [0.1, 0.15) is 28.5 Å². The number of esters is 1. The molecule has 0 aromatic carbocycles. The lowest BCUT2D eigenvalue weighted by Gasteiger charge is -2.04. The molecule has 0 spiro atoms. The van der Waals surface area contributed by atoms with Crippen molar-refractivity contribution >= 4 is 5.97 Å². The Balaban J connectivity index is 2.41. The lowest BCUT2D eigenvalue weighted by atomic mass is 10.2. The van der Waals surface area contributed by atoms with Gasteiger partial charge in [-0.2, -0.15) is 10.2 Å². The fourth-order valence-corrected chi connectivity index (χ4v) is 1.92. The highest BCUT2D eigenvalue weighted by Gasteiger charge is 2.17. The fourth-order valence-electron chi connectivity index (χ4n) is 1.92. The molecule has 0 saturated carbocycles. The van der Waals surface area contributed by atoms with E-state index in [2.05, 4.69) is 10.2 Å². The molecule has 0 aliphatic rings. The molecule has 0 atom stereocenters. The van der Waals surface area contributed by atoms with E-state index < -0.39 is 5.97 Å². The molecule has 7 heteroatoms. The van der Waals surface area contributed by atoms with Crippen LogP contribution in [0.4, 0.5) is 0 Å². The van der Waals surface area contributed by atoms with E-state index in [1.165, 1.54) is 10.9 Å². The van der Waals surface area contributed by atoms with Crippen LogP contribution in [-0.2, 0) is 18.4 Å². The number of hydrogen-bond acceptors (Lipinski definition) is 5. The molecule has 2 aromatic heterocycles. The molecule has 0 radical (unpaired) electrons. The summed E-state index contributed by atoms with van der Waals surface area (Å²) < 4.78 is 8.03. The second kappa shape index (κ2) is 5.23. The highest BCUT2D eigenvalue weighted by Crippen LogP contribution is 2.17. The van der Waals surface area contributed by atoms with E-state index in [1.54, 1.807) is 24.9 Å². The van der Waals surface area contributed by atoms with Crippen LogP contribution in [0.15, 0.2) is 12.4 Å². The van der Waals surface area contributed by atoms with E-state index >= 15 is 0 Å². The van der Waals surface area contributed by atoms with Gasteiger partial charge in [0.2, 0.25) is 0 Å². The molecule has 0 bridgehead atoms. The summed E-state index contributed by atoms with van der Waals surface area (Å²) in [5, 5.41) is 17.7. The van der Waals surface area contributed by atoms with E-state index in [0.717, 1.165) is 5.69 Å². The summed E-state index contributed by atoms with van der Waals surface area (Å²) in [5.41, 5.74) is 1.78. The van der Waals surface area contributed by atoms with Gasteiger partial charge in [-0.25, -0.2) is 9.48 Å². The summed E-state index contributed by atoms with van der Waals surface area (Å²) in [6.07, 6.45) is 3.00. The highest BCUT2D eigenvalue weighted by atomic mass is 16.5. The normalized spacial score (nSPS) is 10.7. The van der Waals surface area contributed by atoms with Gasteiger partial charge >= 0.3 is 5.97 Å². The van der Waals surface area contributed by atoms with Gasteiger partial charge in [0, 0.05) is 18.8 Å². The van der Waals surface area contributed by atoms with Gasteiger partial charge < -0.3 is 9.84 Å². The monoisotopic (exact) mass is 264 g/mol. The number of carbonyl (C=O) groups is 1. The van der Waals surface area contributed by atoms with Gasteiger partial charge in [0.1, 0.15) is 0 Å². The zero-order chi connectivity index (χ0) is 14.0. The van der Waals surface area contributed by atoms with Crippen molar-refractivity contribution in [1.82, 2.24) is 19.6 Å². The van der Waals surface area contributed by atoms with Crippen LogP contribution < -0.4 is 0 Å². The van der Waals surface area contributed by atoms with E-state index in [0.29, 0.717) is 23.6 Å². The number of aliphatic hydroxyl groups is 1. The van der Waals surface area contributed by atoms with Crippen molar-refractivity contribution in [3.05, 3.63) is 29.2 Å². The smallest absolute Gasteiger partial charge is 0.341 e. The molecular weight excluding hydrogens is 248 g/mol. The molecular formula is C12H16N4O3. The Bertz CT molecular complexity index is 600. The van der Waals surface area contributed by atoms with Crippen molar-refractivity contribution in [1.29, 1.82) is 0 Å². The first-order valence-electron chi connectivity index (χ1n) is 5.94. The van der Waals surface area contributed by atoms with E-state index in [4.69, 9.17) is 4.74 Å². The van der Waals surface area contributed by atoms with Crippen LogP contribution in [0.25, 0.3) is 5.82 Å². The van der Waals surface area contributed by atoms with E-state index in [9.17, 15) is 9.90 Å². The molecule has 0 aliphatic heterocycles. The lowest BCUT2D eigenvalue weighted by molar-refractivity contribution is 0.0526. The number of hydrogen-bond donors (Lipinski definition) is 1. The van der Waals surface area contributed by atoms with Crippen LogP contribution in [0, 0.1) is 6.92 Å². The lowest BCUT2D eigenvalue weighted by Crippen LogP contribution is -2.06. The molecule has 0 amide bonds.